The lowest BCUT2D eigenvalue weighted by molar-refractivity contribution is -0.137. The molecule has 1 saturated carbocycles. The van der Waals surface area contributed by atoms with Crippen LogP contribution in [0, 0.1) is 0 Å². The summed E-state index contributed by atoms with van der Waals surface area (Å²) in [4.78, 5) is 24.2. The normalized spacial score (nSPS) is 18.4. The van der Waals surface area contributed by atoms with Crippen LogP contribution in [0.4, 0.5) is 24.5 Å². The smallest absolute Gasteiger partial charge is 0.345 e. The number of carbonyl (C=O) groups is 1. The first kappa shape index (κ1) is 27.9. The lowest BCUT2D eigenvalue weighted by Gasteiger charge is -2.30. The number of carbonyl (C=O) groups excluding carboxylic acids is 1. The molecule has 1 amide bonds. The Kier molecular flexibility index (Phi) is 8.54. The zero-order chi connectivity index (χ0) is 28.1. The van der Waals surface area contributed by atoms with Crippen molar-refractivity contribution in [3.8, 4) is 0 Å². The van der Waals surface area contributed by atoms with Crippen molar-refractivity contribution in [1.29, 1.82) is 0 Å². The summed E-state index contributed by atoms with van der Waals surface area (Å²) in [7, 11) is 2.00. The molecule has 1 aliphatic carbocycles. The van der Waals surface area contributed by atoms with Crippen molar-refractivity contribution in [2.24, 2.45) is 0 Å². The molecule has 0 radical (unpaired) electrons. The van der Waals surface area contributed by atoms with Crippen molar-refractivity contribution in [2.75, 3.05) is 25.0 Å². The Bertz CT molecular complexity index is 1290. The largest absolute Gasteiger partial charge is 0.416 e. The Morgan fingerprint density at radius 3 is 2.25 bits per heavy atom. The Balaban J connectivity index is 1.32. The van der Waals surface area contributed by atoms with E-state index in [-0.39, 0.29) is 11.9 Å². The summed E-state index contributed by atoms with van der Waals surface area (Å²) in [6.45, 7) is 2.31. The molecule has 2 fully saturated rings. The monoisotopic (exact) mass is 548 g/mol. The fourth-order valence-electron chi connectivity index (χ4n) is 5.80. The van der Waals surface area contributed by atoms with E-state index in [1.54, 1.807) is 18.5 Å². The van der Waals surface area contributed by atoms with E-state index in [1.807, 2.05) is 24.1 Å². The molecule has 1 aliphatic heterocycles. The summed E-state index contributed by atoms with van der Waals surface area (Å²) in [5, 5.41) is 0. The van der Waals surface area contributed by atoms with Gasteiger partial charge in [0.1, 0.15) is 0 Å². The Labute approximate surface area is 233 Å². The summed E-state index contributed by atoms with van der Waals surface area (Å²) < 4.78 is 38.8. The van der Waals surface area contributed by atoms with Gasteiger partial charge in [-0.15, -0.1) is 0 Å². The number of alkyl halides is 3. The zero-order valence-corrected chi connectivity index (χ0v) is 22.7. The van der Waals surface area contributed by atoms with Crippen molar-refractivity contribution in [1.82, 2.24) is 14.8 Å². The highest BCUT2D eigenvalue weighted by molar-refractivity contribution is 5.92. The van der Waals surface area contributed by atoms with Crippen molar-refractivity contribution >= 4 is 23.4 Å². The van der Waals surface area contributed by atoms with Gasteiger partial charge >= 0.3 is 6.18 Å². The van der Waals surface area contributed by atoms with Crippen LogP contribution in [0.1, 0.15) is 48.8 Å². The Morgan fingerprint density at radius 1 is 0.950 bits per heavy atom. The summed E-state index contributed by atoms with van der Waals surface area (Å²) in [5.74, 6) is -0.129. The number of hydrogen-bond donors (Lipinski definition) is 0. The molecular formula is C32H35F3N4O. The molecule has 2 aromatic carbocycles. The van der Waals surface area contributed by atoms with Crippen LogP contribution in [-0.4, -0.2) is 52.9 Å². The van der Waals surface area contributed by atoms with Crippen LogP contribution in [0.5, 0.6) is 0 Å². The van der Waals surface area contributed by atoms with Crippen LogP contribution in [0.3, 0.4) is 0 Å². The number of aromatic nitrogens is 1. The van der Waals surface area contributed by atoms with E-state index < -0.39 is 11.7 Å². The fraction of sp³-hybridized carbons (Fsp3) is 0.375. The molecule has 2 aliphatic rings. The molecule has 0 N–H and O–H groups in total. The first-order chi connectivity index (χ1) is 19.3. The second-order valence-corrected chi connectivity index (χ2v) is 10.7. The van der Waals surface area contributed by atoms with Gasteiger partial charge < -0.3 is 9.80 Å². The molecule has 210 valence electrons. The summed E-state index contributed by atoms with van der Waals surface area (Å²) >= 11 is 0. The number of rotatable bonds is 8. The van der Waals surface area contributed by atoms with Gasteiger partial charge in [-0.05, 0) is 72.9 Å². The van der Waals surface area contributed by atoms with E-state index in [0.717, 1.165) is 48.6 Å². The number of pyridine rings is 1. The number of likely N-dealkylation sites (tertiary alicyclic amines) is 1. The first-order valence-electron chi connectivity index (χ1n) is 13.9. The molecule has 3 aromatic rings. The lowest BCUT2D eigenvalue weighted by Crippen LogP contribution is -2.42. The number of nitrogens with zero attached hydrogens (tertiary/aromatic N) is 4. The molecular weight excluding hydrogens is 513 g/mol. The molecule has 2 heterocycles. The summed E-state index contributed by atoms with van der Waals surface area (Å²) in [6, 6.07) is 17.7. The van der Waals surface area contributed by atoms with Gasteiger partial charge in [0.2, 0.25) is 5.91 Å². The van der Waals surface area contributed by atoms with Crippen molar-refractivity contribution < 1.29 is 18.0 Å². The van der Waals surface area contributed by atoms with Crippen LogP contribution in [0.15, 0.2) is 79.1 Å². The quantitative estimate of drug-likeness (QED) is 0.286. The van der Waals surface area contributed by atoms with Crippen molar-refractivity contribution in [2.45, 2.75) is 56.9 Å². The second kappa shape index (κ2) is 12.3. The van der Waals surface area contributed by atoms with Crippen LogP contribution in [0.25, 0.3) is 6.08 Å². The lowest BCUT2D eigenvalue weighted by atomic mass is 10.1. The predicted molar refractivity (Wildman–Crippen MR) is 152 cm³/mol. The van der Waals surface area contributed by atoms with Crippen molar-refractivity contribution in [3.05, 3.63) is 95.8 Å². The minimum atomic E-state index is -4.38. The highest BCUT2D eigenvalue weighted by atomic mass is 19.4. The van der Waals surface area contributed by atoms with Gasteiger partial charge in [-0.25, -0.2) is 0 Å². The first-order valence-corrected chi connectivity index (χ1v) is 13.9. The maximum Gasteiger partial charge on any atom is 0.416 e. The third-order valence-electron chi connectivity index (χ3n) is 8.14. The van der Waals surface area contributed by atoms with E-state index in [2.05, 4.69) is 39.0 Å². The molecule has 0 bridgehead atoms. The third kappa shape index (κ3) is 6.73. The maximum absolute atomic E-state index is 13.5. The molecule has 0 spiro atoms. The number of amides is 1. The molecule has 1 saturated heterocycles. The summed E-state index contributed by atoms with van der Waals surface area (Å²) in [6.07, 6.45) is 8.14. The molecule has 40 heavy (non-hydrogen) atoms. The van der Waals surface area contributed by atoms with Gasteiger partial charge in [0.25, 0.3) is 0 Å². The third-order valence-corrected chi connectivity index (χ3v) is 8.14. The van der Waals surface area contributed by atoms with Crippen LogP contribution >= 0.6 is 0 Å². The van der Waals surface area contributed by atoms with Crippen LogP contribution in [0.2, 0.25) is 0 Å². The van der Waals surface area contributed by atoms with Gasteiger partial charge in [-0.2, -0.15) is 13.2 Å². The van der Waals surface area contributed by atoms with Gasteiger partial charge in [0.15, 0.2) is 0 Å². The zero-order valence-electron chi connectivity index (χ0n) is 22.7. The van der Waals surface area contributed by atoms with E-state index >= 15 is 0 Å². The van der Waals surface area contributed by atoms with Gasteiger partial charge in [0, 0.05) is 68.6 Å². The Hall–Kier alpha value is -3.65. The molecule has 5 nitrogen and oxygen atoms in total. The number of benzene rings is 2. The highest BCUT2D eigenvalue weighted by Gasteiger charge is 2.34. The number of hydrogen-bond acceptors (Lipinski definition) is 4. The topological polar surface area (TPSA) is 39.7 Å². The van der Waals surface area contributed by atoms with Crippen LogP contribution < -0.4 is 4.90 Å². The molecule has 1 unspecified atom stereocenters. The van der Waals surface area contributed by atoms with E-state index in [4.69, 9.17) is 0 Å². The highest BCUT2D eigenvalue weighted by Crippen LogP contribution is 2.31. The van der Waals surface area contributed by atoms with E-state index in [9.17, 15) is 18.0 Å². The van der Waals surface area contributed by atoms with Gasteiger partial charge in [0.05, 0.1) is 5.56 Å². The number of halogens is 3. The van der Waals surface area contributed by atoms with Crippen molar-refractivity contribution in [3.63, 3.8) is 0 Å². The predicted octanol–water partition coefficient (Wildman–Crippen LogP) is 6.93. The van der Waals surface area contributed by atoms with Gasteiger partial charge in [-0.1, -0.05) is 37.1 Å². The number of anilines is 2. The van der Waals surface area contributed by atoms with E-state index in [1.165, 1.54) is 43.9 Å². The summed E-state index contributed by atoms with van der Waals surface area (Å²) in [5.41, 5.74) is 2.95. The molecule has 1 atom stereocenters. The average molecular weight is 549 g/mol. The molecule has 8 heteroatoms. The minimum absolute atomic E-state index is 0.0875. The fourth-order valence-corrected chi connectivity index (χ4v) is 5.80. The average Bonchev–Trinajstić information content (AvgIpc) is 3.68. The standard InChI is InChI=1S/C32H35F3N4O/c1-37(28-16-19-36-20-17-28)27-13-8-25(9-14-27)22-39(30-18-21-38(23-30)29-4-2-3-5-29)31(40)15-10-24-6-11-26(12-7-24)32(33,34)35/h6-17,19-20,29-30H,2-5,18,21-23H2,1H3/b15-10+. The SMILES string of the molecule is CN(c1ccncc1)c1ccc(CN(C(=O)/C=C/c2ccc(C(F)(F)F)cc2)C2CCN(C3CCCC3)C2)cc1. The molecule has 1 aromatic heterocycles. The van der Waals surface area contributed by atoms with E-state index in [0.29, 0.717) is 18.2 Å². The Morgan fingerprint density at radius 2 is 1.60 bits per heavy atom. The maximum atomic E-state index is 13.5. The van der Waals surface area contributed by atoms with Crippen LogP contribution in [-0.2, 0) is 17.5 Å². The molecule has 5 rings (SSSR count). The minimum Gasteiger partial charge on any atom is -0.345 e. The second-order valence-electron chi connectivity index (χ2n) is 10.7. The van der Waals surface area contributed by atoms with Gasteiger partial charge in [-0.3, -0.25) is 14.7 Å².